The highest BCUT2D eigenvalue weighted by atomic mass is 16.0. The minimum Gasteiger partial charge on any atom is -0.215 e. The highest BCUT2D eigenvalue weighted by Crippen LogP contribution is 2.03. The van der Waals surface area contributed by atoms with Gasteiger partial charge in [-0.2, -0.15) is 10.7 Å². The first-order valence-corrected chi connectivity index (χ1v) is 3.59. The van der Waals surface area contributed by atoms with Crippen molar-refractivity contribution in [2.24, 2.45) is 0 Å². The van der Waals surface area contributed by atoms with E-state index in [1.54, 1.807) is 0 Å². The number of nitrogens with one attached hydrogen (secondary N) is 1. The molecular weight excluding hydrogens is 128 g/mol. The molecule has 10 heavy (non-hydrogen) atoms. The molecule has 0 atom stereocenters. The molecule has 0 bridgehead atoms. The van der Waals surface area contributed by atoms with Gasteiger partial charge in [-0.15, -0.1) is 0 Å². The molecule has 0 spiro atoms. The van der Waals surface area contributed by atoms with Crippen molar-refractivity contribution >= 4 is 0 Å². The van der Waals surface area contributed by atoms with Crippen molar-refractivity contribution in [1.29, 1.82) is 0 Å². The van der Waals surface area contributed by atoms with Crippen molar-refractivity contribution in [3.8, 4) is 0 Å². The first-order chi connectivity index (χ1) is 4.61. The monoisotopic (exact) mass is 144 g/mol. The van der Waals surface area contributed by atoms with Gasteiger partial charge in [-0.05, 0) is 13.8 Å². The number of nitrogens with zero attached hydrogens (tertiary/aromatic N) is 3. The number of hydrogen-bond donors (Lipinski definition) is 1. The van der Waals surface area contributed by atoms with E-state index in [4.69, 9.17) is 0 Å². The molecule has 1 heterocycles. The van der Waals surface area contributed by atoms with Gasteiger partial charge in [-0.1, -0.05) is 0 Å². The van der Waals surface area contributed by atoms with Gasteiger partial charge in [-0.3, -0.25) is 0 Å². The van der Waals surface area contributed by atoms with Crippen LogP contribution in [0, 0.1) is 0 Å². The Hall–Kier alpha value is -0.160. The largest absolute Gasteiger partial charge is 0.215 e. The predicted octanol–water partition coefficient (Wildman–Crippen LogP) is -0.134. The maximum Gasteiger partial charge on any atom is 0.0811 e. The molecule has 1 aliphatic heterocycles. The minimum atomic E-state index is 0.549. The fraction of sp³-hybridized carbons (Fsp3) is 1.00. The molecule has 1 aliphatic rings. The number of hydrazine groups is 3. The zero-order chi connectivity index (χ0) is 7.72. The van der Waals surface area contributed by atoms with Crippen LogP contribution in [0.4, 0.5) is 0 Å². The van der Waals surface area contributed by atoms with Crippen molar-refractivity contribution < 1.29 is 0 Å². The van der Waals surface area contributed by atoms with E-state index in [2.05, 4.69) is 36.4 Å². The van der Waals surface area contributed by atoms with Crippen LogP contribution in [0.5, 0.6) is 0 Å². The molecule has 1 rings (SSSR count). The van der Waals surface area contributed by atoms with Gasteiger partial charge in [0.1, 0.15) is 0 Å². The lowest BCUT2D eigenvalue weighted by molar-refractivity contribution is 0.0293. The van der Waals surface area contributed by atoms with Gasteiger partial charge in [0.05, 0.1) is 6.67 Å². The zero-order valence-electron chi connectivity index (χ0n) is 7.13. The summed E-state index contributed by atoms with van der Waals surface area (Å²) in [6.07, 6.45) is 0. The molecular formula is C6H16N4. The van der Waals surface area contributed by atoms with Gasteiger partial charge in [-0.25, -0.2) is 10.0 Å². The Morgan fingerprint density at radius 2 is 1.90 bits per heavy atom. The van der Waals surface area contributed by atoms with Crippen LogP contribution in [0.15, 0.2) is 0 Å². The zero-order valence-corrected chi connectivity index (χ0v) is 7.13. The summed E-state index contributed by atoms with van der Waals surface area (Å²) < 4.78 is 0. The van der Waals surface area contributed by atoms with Gasteiger partial charge < -0.3 is 0 Å². The normalized spacial score (nSPS) is 24.9. The predicted molar refractivity (Wildman–Crippen MR) is 40.5 cm³/mol. The highest BCUT2D eigenvalue weighted by Gasteiger charge is 2.22. The van der Waals surface area contributed by atoms with Crippen LogP contribution in [0.2, 0.25) is 0 Å². The summed E-state index contributed by atoms with van der Waals surface area (Å²) in [6.45, 7) is 5.29. The molecule has 0 radical (unpaired) electrons. The summed E-state index contributed by atoms with van der Waals surface area (Å²) in [5, 5.41) is 6.25. The average Bonchev–Trinajstić information content (AvgIpc) is 2.13. The van der Waals surface area contributed by atoms with Crippen molar-refractivity contribution in [3.63, 3.8) is 0 Å². The van der Waals surface area contributed by atoms with E-state index in [0.717, 1.165) is 6.67 Å². The van der Waals surface area contributed by atoms with Crippen LogP contribution in [-0.2, 0) is 0 Å². The van der Waals surface area contributed by atoms with Gasteiger partial charge in [0.15, 0.2) is 0 Å². The first kappa shape index (κ1) is 7.94. The van der Waals surface area contributed by atoms with Crippen LogP contribution >= 0.6 is 0 Å². The molecule has 0 amide bonds. The molecule has 4 nitrogen and oxygen atoms in total. The van der Waals surface area contributed by atoms with Crippen LogP contribution < -0.4 is 5.53 Å². The van der Waals surface area contributed by atoms with E-state index in [1.165, 1.54) is 0 Å². The molecule has 0 aliphatic carbocycles. The molecule has 0 unspecified atom stereocenters. The summed E-state index contributed by atoms with van der Waals surface area (Å²) >= 11 is 0. The van der Waals surface area contributed by atoms with E-state index < -0.39 is 0 Å². The van der Waals surface area contributed by atoms with Crippen LogP contribution in [0.1, 0.15) is 13.8 Å². The van der Waals surface area contributed by atoms with E-state index in [0.29, 0.717) is 6.04 Å². The van der Waals surface area contributed by atoms with Crippen LogP contribution in [0.3, 0.4) is 0 Å². The Bertz CT molecular complexity index is 104. The molecule has 0 aromatic carbocycles. The van der Waals surface area contributed by atoms with Crippen LogP contribution in [-0.4, -0.2) is 41.9 Å². The lowest BCUT2D eigenvalue weighted by Crippen LogP contribution is -2.42. The van der Waals surface area contributed by atoms with E-state index in [-0.39, 0.29) is 0 Å². The minimum absolute atomic E-state index is 0.549. The Morgan fingerprint density at radius 1 is 1.30 bits per heavy atom. The van der Waals surface area contributed by atoms with Crippen molar-refractivity contribution in [2.75, 3.05) is 20.8 Å². The summed E-state index contributed by atoms with van der Waals surface area (Å²) in [4.78, 5) is 0. The summed E-state index contributed by atoms with van der Waals surface area (Å²) in [6, 6.07) is 0.549. The van der Waals surface area contributed by atoms with Gasteiger partial charge in [0.2, 0.25) is 0 Å². The van der Waals surface area contributed by atoms with Gasteiger partial charge in [0, 0.05) is 20.1 Å². The third-order valence-electron chi connectivity index (χ3n) is 1.77. The average molecular weight is 144 g/mol. The Kier molecular flexibility index (Phi) is 2.25. The molecule has 0 aromatic rings. The standard InChI is InChI=1S/C6H16N4/c1-6(2)10-5-8(3)9(4)7-10/h6-7H,5H2,1-4H3. The van der Waals surface area contributed by atoms with Crippen molar-refractivity contribution in [3.05, 3.63) is 0 Å². The Balaban J connectivity index is 2.41. The second kappa shape index (κ2) is 2.84. The fourth-order valence-corrected chi connectivity index (χ4v) is 0.888. The molecule has 0 saturated carbocycles. The third kappa shape index (κ3) is 1.46. The SMILES string of the molecule is CC(C)N1CN(C)N(C)N1. The Labute approximate surface area is 62.3 Å². The second-order valence-corrected chi connectivity index (χ2v) is 2.99. The fourth-order valence-electron chi connectivity index (χ4n) is 0.888. The lowest BCUT2D eigenvalue weighted by Gasteiger charge is -2.18. The molecule has 1 saturated heterocycles. The first-order valence-electron chi connectivity index (χ1n) is 3.59. The van der Waals surface area contributed by atoms with Crippen molar-refractivity contribution in [1.82, 2.24) is 20.7 Å². The number of hydrogen-bond acceptors (Lipinski definition) is 4. The molecule has 4 heteroatoms. The summed E-state index contributed by atoms with van der Waals surface area (Å²) in [5.41, 5.74) is 3.20. The van der Waals surface area contributed by atoms with Gasteiger partial charge >= 0.3 is 0 Å². The number of rotatable bonds is 1. The van der Waals surface area contributed by atoms with Crippen molar-refractivity contribution in [2.45, 2.75) is 19.9 Å². The maximum atomic E-state index is 3.20. The summed E-state index contributed by atoms with van der Waals surface area (Å²) in [7, 11) is 4.05. The second-order valence-electron chi connectivity index (χ2n) is 2.99. The maximum absolute atomic E-state index is 3.20. The van der Waals surface area contributed by atoms with Gasteiger partial charge in [0.25, 0.3) is 0 Å². The highest BCUT2D eigenvalue weighted by molar-refractivity contribution is 4.59. The Morgan fingerprint density at radius 3 is 2.10 bits per heavy atom. The molecule has 1 N–H and O–H groups in total. The molecule has 0 aromatic heterocycles. The quantitative estimate of drug-likeness (QED) is 0.553. The van der Waals surface area contributed by atoms with E-state index in [1.807, 2.05) is 12.2 Å². The topological polar surface area (TPSA) is 21.8 Å². The van der Waals surface area contributed by atoms with E-state index in [9.17, 15) is 0 Å². The summed E-state index contributed by atoms with van der Waals surface area (Å²) in [5.74, 6) is 0. The lowest BCUT2D eigenvalue weighted by atomic mass is 10.4. The van der Waals surface area contributed by atoms with Crippen LogP contribution in [0.25, 0.3) is 0 Å². The third-order valence-corrected chi connectivity index (χ3v) is 1.77. The smallest absolute Gasteiger partial charge is 0.0811 e. The van der Waals surface area contributed by atoms with E-state index >= 15 is 0 Å². The molecule has 1 fully saturated rings. The molecule has 60 valence electrons.